The third-order valence-electron chi connectivity index (χ3n) is 10.1. The van der Waals surface area contributed by atoms with E-state index in [4.69, 9.17) is 52.1 Å². The molecule has 0 saturated carbocycles. The van der Waals surface area contributed by atoms with Gasteiger partial charge in [0.25, 0.3) is 0 Å². The van der Waals surface area contributed by atoms with Gasteiger partial charge in [0.2, 0.25) is 0 Å². The topological polar surface area (TPSA) is 227 Å². The standard InChI is InChI=1S/C40H66O18/c1-10-11-12-13-14-15-16-17-18-19-20-48-38-30(47)34(32(22(3)49-38)53-25(6)42)57-40-37(56-28(9)45)36(33(23(4)51-40)54-26(7)43)58-39-35(55-27(8)44)29(46)31(21(2)50-39)52-24(5)41/h21-23,29-40,46-47H,10-20H2,1-9H3/t21-,22-,23-,29+,30+,31-,32-,33-,34-,35+,36+,37+,38+,39-,40-/m0/s1. The summed E-state index contributed by atoms with van der Waals surface area (Å²) >= 11 is 0. The van der Waals surface area contributed by atoms with Gasteiger partial charge < -0.3 is 62.3 Å². The van der Waals surface area contributed by atoms with E-state index in [1.54, 1.807) is 6.92 Å². The lowest BCUT2D eigenvalue weighted by atomic mass is 9.96. The summed E-state index contributed by atoms with van der Waals surface area (Å²) in [4.78, 5) is 61.4. The van der Waals surface area contributed by atoms with E-state index < -0.39 is 122 Å². The second-order valence-corrected chi connectivity index (χ2v) is 15.2. The second kappa shape index (κ2) is 24.3. The Morgan fingerprint density at radius 2 is 0.793 bits per heavy atom. The zero-order valence-electron chi connectivity index (χ0n) is 35.4. The maximum Gasteiger partial charge on any atom is 0.303 e. The Hall–Kier alpha value is -2.97. The molecule has 334 valence electrons. The molecule has 3 saturated heterocycles. The highest BCUT2D eigenvalue weighted by Crippen LogP contribution is 2.36. The molecular formula is C40H66O18. The van der Waals surface area contributed by atoms with Gasteiger partial charge in [0.05, 0.1) is 18.3 Å². The Balaban J connectivity index is 1.87. The minimum absolute atomic E-state index is 0.274. The van der Waals surface area contributed by atoms with Crippen LogP contribution < -0.4 is 0 Å². The van der Waals surface area contributed by atoms with Crippen LogP contribution >= 0.6 is 0 Å². The first-order chi connectivity index (χ1) is 27.4. The Morgan fingerprint density at radius 1 is 0.431 bits per heavy atom. The molecule has 15 atom stereocenters. The molecule has 0 radical (unpaired) electrons. The number of hydrogen-bond donors (Lipinski definition) is 2. The lowest BCUT2D eigenvalue weighted by Crippen LogP contribution is -2.67. The molecule has 3 rings (SSSR count). The summed E-state index contributed by atoms with van der Waals surface area (Å²) < 4.78 is 64.3. The first-order valence-electron chi connectivity index (χ1n) is 20.6. The van der Waals surface area contributed by atoms with Gasteiger partial charge in [0.1, 0.15) is 24.4 Å². The first-order valence-corrected chi connectivity index (χ1v) is 20.6. The largest absolute Gasteiger partial charge is 0.457 e. The van der Waals surface area contributed by atoms with E-state index in [-0.39, 0.29) is 6.61 Å². The minimum atomic E-state index is -1.65. The number of rotatable bonds is 21. The number of ether oxygens (including phenoxy) is 11. The number of carbonyl (C=O) groups is 5. The molecule has 18 nitrogen and oxygen atoms in total. The minimum Gasteiger partial charge on any atom is -0.457 e. The van der Waals surface area contributed by atoms with Crippen LogP contribution in [0.1, 0.15) is 127 Å². The summed E-state index contributed by atoms with van der Waals surface area (Å²) in [5.41, 5.74) is 0. The molecule has 3 aliphatic heterocycles. The number of unbranched alkanes of at least 4 members (excludes halogenated alkanes) is 9. The molecule has 0 aromatic carbocycles. The lowest BCUT2D eigenvalue weighted by molar-refractivity contribution is -0.376. The summed E-state index contributed by atoms with van der Waals surface area (Å²) in [5.74, 6) is -3.86. The fourth-order valence-electron chi connectivity index (χ4n) is 7.42. The predicted octanol–water partition coefficient (Wildman–Crippen LogP) is 3.31. The van der Waals surface area contributed by atoms with Crippen molar-refractivity contribution in [3.63, 3.8) is 0 Å². The SMILES string of the molecule is CCCCCCCCCCCCO[C@@H]1O[C@@H](C)[C@H](OC(C)=O)[C@@H](O[C@@H]2O[C@@H](C)[C@H](OC(C)=O)[C@@H](O[C@@H]3O[C@@H](C)[C@H](OC(C)=O)[C@@H](O)[C@H]3OC(C)=O)[C@H]2OC(C)=O)[C@H]1O. The molecule has 18 heteroatoms. The van der Waals surface area contributed by atoms with Crippen LogP contribution in [0.3, 0.4) is 0 Å². The highest BCUT2D eigenvalue weighted by molar-refractivity contribution is 5.68. The van der Waals surface area contributed by atoms with Gasteiger partial charge in [0, 0.05) is 41.2 Å². The Morgan fingerprint density at radius 3 is 1.29 bits per heavy atom. The molecule has 3 fully saturated rings. The van der Waals surface area contributed by atoms with Crippen molar-refractivity contribution in [1.82, 2.24) is 0 Å². The summed E-state index contributed by atoms with van der Waals surface area (Å²) in [6.07, 6.45) is -9.11. The molecule has 0 spiro atoms. The van der Waals surface area contributed by atoms with Gasteiger partial charge in [-0.15, -0.1) is 0 Å². The van der Waals surface area contributed by atoms with Gasteiger partial charge in [0.15, 0.2) is 49.4 Å². The van der Waals surface area contributed by atoms with Crippen molar-refractivity contribution >= 4 is 29.8 Å². The van der Waals surface area contributed by atoms with Crippen LogP contribution in [-0.4, -0.2) is 139 Å². The van der Waals surface area contributed by atoms with Gasteiger partial charge in [-0.25, -0.2) is 0 Å². The average Bonchev–Trinajstić information content (AvgIpc) is 3.12. The van der Waals surface area contributed by atoms with Gasteiger partial charge in [-0.05, 0) is 27.2 Å². The summed E-state index contributed by atoms with van der Waals surface area (Å²) in [5, 5.41) is 22.9. The van der Waals surface area contributed by atoms with Crippen LogP contribution in [-0.2, 0) is 76.1 Å². The van der Waals surface area contributed by atoms with Crippen molar-refractivity contribution in [1.29, 1.82) is 0 Å². The molecule has 3 aliphatic rings. The van der Waals surface area contributed by atoms with Crippen molar-refractivity contribution in [2.75, 3.05) is 6.61 Å². The molecule has 0 bridgehead atoms. The zero-order chi connectivity index (χ0) is 43.1. The highest BCUT2D eigenvalue weighted by atomic mass is 16.8. The van der Waals surface area contributed by atoms with E-state index in [1.165, 1.54) is 59.3 Å². The lowest BCUT2D eigenvalue weighted by Gasteiger charge is -2.49. The van der Waals surface area contributed by atoms with Crippen molar-refractivity contribution < 1.29 is 86.3 Å². The van der Waals surface area contributed by atoms with Crippen molar-refractivity contribution in [3.05, 3.63) is 0 Å². The first kappa shape index (κ1) is 49.4. The van der Waals surface area contributed by atoms with Crippen molar-refractivity contribution in [3.8, 4) is 0 Å². The van der Waals surface area contributed by atoms with E-state index in [1.807, 2.05) is 0 Å². The van der Waals surface area contributed by atoms with Crippen LogP contribution in [0.25, 0.3) is 0 Å². The number of hydrogen-bond acceptors (Lipinski definition) is 18. The third kappa shape index (κ3) is 14.9. The molecular weight excluding hydrogens is 768 g/mol. The summed E-state index contributed by atoms with van der Waals surface area (Å²) in [7, 11) is 0. The number of esters is 5. The fourth-order valence-corrected chi connectivity index (χ4v) is 7.42. The molecule has 3 heterocycles. The Bertz CT molecular complexity index is 1310. The molecule has 2 N–H and O–H groups in total. The third-order valence-corrected chi connectivity index (χ3v) is 10.1. The number of aliphatic hydroxyl groups is 2. The molecule has 58 heavy (non-hydrogen) atoms. The quantitative estimate of drug-likeness (QED) is 0.0960. The van der Waals surface area contributed by atoms with Crippen molar-refractivity contribution in [2.45, 2.75) is 219 Å². The monoisotopic (exact) mass is 834 g/mol. The van der Waals surface area contributed by atoms with E-state index >= 15 is 0 Å². The Kier molecular flexibility index (Phi) is 20.7. The van der Waals surface area contributed by atoms with Crippen LogP contribution in [0.4, 0.5) is 0 Å². The molecule has 0 aromatic heterocycles. The van der Waals surface area contributed by atoms with E-state index in [9.17, 15) is 34.2 Å². The molecule has 0 unspecified atom stereocenters. The van der Waals surface area contributed by atoms with Gasteiger partial charge >= 0.3 is 29.8 Å². The van der Waals surface area contributed by atoms with Crippen LogP contribution in [0.2, 0.25) is 0 Å². The summed E-state index contributed by atoms with van der Waals surface area (Å²) in [6, 6.07) is 0. The van der Waals surface area contributed by atoms with Crippen LogP contribution in [0.15, 0.2) is 0 Å². The number of aliphatic hydroxyl groups excluding tert-OH is 2. The normalized spacial score (nSPS) is 35.1. The maximum absolute atomic E-state index is 12.7. The number of carbonyl (C=O) groups excluding carboxylic acids is 5. The van der Waals surface area contributed by atoms with Crippen molar-refractivity contribution in [2.24, 2.45) is 0 Å². The molecule has 0 aromatic rings. The average molecular weight is 835 g/mol. The highest BCUT2D eigenvalue weighted by Gasteiger charge is 2.57. The van der Waals surface area contributed by atoms with E-state index in [2.05, 4.69) is 6.92 Å². The maximum atomic E-state index is 12.7. The fraction of sp³-hybridized carbons (Fsp3) is 0.875. The predicted molar refractivity (Wildman–Crippen MR) is 200 cm³/mol. The molecule has 0 amide bonds. The zero-order valence-corrected chi connectivity index (χ0v) is 35.4. The van der Waals surface area contributed by atoms with Gasteiger partial charge in [-0.2, -0.15) is 0 Å². The van der Waals surface area contributed by atoms with E-state index in [0.29, 0.717) is 0 Å². The Labute approximate surface area is 341 Å². The molecule has 0 aliphatic carbocycles. The summed E-state index contributed by atoms with van der Waals surface area (Å²) in [6.45, 7) is 12.7. The smallest absolute Gasteiger partial charge is 0.303 e. The van der Waals surface area contributed by atoms with Gasteiger partial charge in [-0.1, -0.05) is 64.7 Å². The van der Waals surface area contributed by atoms with Gasteiger partial charge in [-0.3, -0.25) is 24.0 Å². The van der Waals surface area contributed by atoms with E-state index in [0.717, 1.165) is 53.4 Å². The van der Waals surface area contributed by atoms with Crippen LogP contribution in [0.5, 0.6) is 0 Å². The second-order valence-electron chi connectivity index (χ2n) is 15.2. The van der Waals surface area contributed by atoms with Crippen LogP contribution in [0, 0.1) is 0 Å².